The average molecular weight is 357 g/mol. The number of ether oxygens (including phenoxy) is 1. The fourth-order valence-corrected chi connectivity index (χ4v) is 3.35. The van der Waals surface area contributed by atoms with Crippen molar-refractivity contribution in [2.24, 2.45) is 0 Å². The van der Waals surface area contributed by atoms with E-state index in [1.54, 1.807) is 4.68 Å². The van der Waals surface area contributed by atoms with Crippen LogP contribution in [0.3, 0.4) is 0 Å². The van der Waals surface area contributed by atoms with Gasteiger partial charge >= 0.3 is 0 Å². The second-order valence-electron chi connectivity index (χ2n) is 7.27. The lowest BCUT2D eigenvalue weighted by Crippen LogP contribution is -2.56. The molecule has 0 unspecified atom stereocenters. The van der Waals surface area contributed by atoms with Gasteiger partial charge in [-0.15, -0.1) is 5.10 Å². The van der Waals surface area contributed by atoms with Gasteiger partial charge in [0.15, 0.2) is 5.69 Å². The predicted molar refractivity (Wildman–Crippen MR) is 99.8 cm³/mol. The van der Waals surface area contributed by atoms with Crippen molar-refractivity contribution in [1.82, 2.24) is 25.2 Å². The van der Waals surface area contributed by atoms with Gasteiger partial charge in [0.05, 0.1) is 17.5 Å². The van der Waals surface area contributed by atoms with Crippen LogP contribution in [0.5, 0.6) is 5.75 Å². The normalized spacial score (nSPS) is 20.5. The van der Waals surface area contributed by atoms with Crippen molar-refractivity contribution < 1.29 is 9.53 Å². The minimum atomic E-state index is -0.0614. The van der Waals surface area contributed by atoms with E-state index in [0.29, 0.717) is 18.8 Å². The van der Waals surface area contributed by atoms with Crippen molar-refractivity contribution in [2.45, 2.75) is 52.8 Å². The van der Waals surface area contributed by atoms with E-state index in [4.69, 9.17) is 4.74 Å². The zero-order valence-electron chi connectivity index (χ0n) is 16.1. The molecule has 7 nitrogen and oxygen atoms in total. The van der Waals surface area contributed by atoms with Gasteiger partial charge < -0.3 is 15.0 Å². The lowest BCUT2D eigenvalue weighted by atomic mass is 10.1. The van der Waals surface area contributed by atoms with Crippen LogP contribution in [0, 0.1) is 6.92 Å². The number of piperazine rings is 1. The number of carbonyl (C=O) groups is 1. The Balaban J connectivity index is 1.80. The Morgan fingerprint density at radius 2 is 1.81 bits per heavy atom. The molecule has 2 aromatic rings. The smallest absolute Gasteiger partial charge is 0.276 e. The van der Waals surface area contributed by atoms with Crippen LogP contribution >= 0.6 is 0 Å². The first-order chi connectivity index (χ1) is 12.3. The third-order valence-corrected chi connectivity index (χ3v) is 4.39. The molecule has 0 aliphatic carbocycles. The van der Waals surface area contributed by atoms with Crippen molar-refractivity contribution in [1.29, 1.82) is 0 Å². The summed E-state index contributed by atoms with van der Waals surface area (Å²) in [5.74, 6) is 0.746. The minimum absolute atomic E-state index is 0.0614. The summed E-state index contributed by atoms with van der Waals surface area (Å²) in [6.07, 6.45) is 0.127. The van der Waals surface area contributed by atoms with Gasteiger partial charge in [0.2, 0.25) is 0 Å². The van der Waals surface area contributed by atoms with Gasteiger partial charge in [-0.3, -0.25) is 4.79 Å². The van der Waals surface area contributed by atoms with Crippen LogP contribution in [0.25, 0.3) is 5.69 Å². The van der Waals surface area contributed by atoms with Crippen LogP contribution < -0.4 is 10.1 Å². The van der Waals surface area contributed by atoms with E-state index in [9.17, 15) is 4.79 Å². The lowest BCUT2D eigenvalue weighted by Gasteiger charge is -2.35. The highest BCUT2D eigenvalue weighted by Crippen LogP contribution is 2.19. The van der Waals surface area contributed by atoms with E-state index in [0.717, 1.165) is 17.1 Å². The second-order valence-corrected chi connectivity index (χ2v) is 7.27. The van der Waals surface area contributed by atoms with Crippen LogP contribution in [0.15, 0.2) is 24.3 Å². The highest BCUT2D eigenvalue weighted by molar-refractivity contribution is 5.93. The van der Waals surface area contributed by atoms with Crippen LogP contribution in [0.2, 0.25) is 0 Å². The van der Waals surface area contributed by atoms with Crippen molar-refractivity contribution in [3.05, 3.63) is 35.7 Å². The summed E-state index contributed by atoms with van der Waals surface area (Å²) >= 11 is 0. The Morgan fingerprint density at radius 3 is 2.38 bits per heavy atom. The Labute approximate surface area is 154 Å². The molecule has 140 valence electrons. The van der Waals surface area contributed by atoms with Crippen molar-refractivity contribution in [2.75, 3.05) is 13.1 Å². The fraction of sp³-hybridized carbons (Fsp3) is 0.526. The van der Waals surface area contributed by atoms with Gasteiger partial charge in [-0.2, -0.15) is 0 Å². The number of aromatic nitrogens is 3. The molecule has 1 aliphatic heterocycles. The van der Waals surface area contributed by atoms with Gasteiger partial charge in [-0.1, -0.05) is 5.21 Å². The Bertz CT molecular complexity index is 759. The highest BCUT2D eigenvalue weighted by atomic mass is 16.5. The summed E-state index contributed by atoms with van der Waals surface area (Å²) < 4.78 is 7.36. The highest BCUT2D eigenvalue weighted by Gasteiger charge is 2.28. The summed E-state index contributed by atoms with van der Waals surface area (Å²) in [7, 11) is 0. The zero-order chi connectivity index (χ0) is 18.8. The molecule has 0 radical (unpaired) electrons. The maximum atomic E-state index is 12.9. The standard InChI is InChI=1S/C19H27N5O2/c1-12(2)26-17-8-6-16(7-9-17)24-15(5)18(21-22-24)19(25)23-10-13(3)20-14(4)11-23/h6-9,12-14,20H,10-11H2,1-5H3/t13-,14-/m1/s1. The van der Waals surface area contributed by atoms with Gasteiger partial charge in [-0.05, 0) is 58.9 Å². The number of nitrogens with zero attached hydrogens (tertiary/aromatic N) is 4. The van der Waals surface area contributed by atoms with Gasteiger partial charge in [-0.25, -0.2) is 4.68 Å². The van der Waals surface area contributed by atoms with E-state index in [2.05, 4.69) is 29.5 Å². The molecule has 1 amide bonds. The Hall–Kier alpha value is -2.41. The number of hydrogen-bond acceptors (Lipinski definition) is 5. The van der Waals surface area contributed by atoms with Crippen molar-refractivity contribution in [3.63, 3.8) is 0 Å². The van der Waals surface area contributed by atoms with Crippen LogP contribution in [0.4, 0.5) is 0 Å². The third kappa shape index (κ3) is 3.88. The number of hydrogen-bond donors (Lipinski definition) is 1. The van der Waals surface area contributed by atoms with Crippen LogP contribution in [-0.4, -0.2) is 57.1 Å². The molecule has 1 fully saturated rings. The van der Waals surface area contributed by atoms with Crippen molar-refractivity contribution in [3.8, 4) is 11.4 Å². The molecule has 3 rings (SSSR count). The molecule has 1 N–H and O–H groups in total. The maximum Gasteiger partial charge on any atom is 0.276 e. The number of carbonyl (C=O) groups excluding carboxylic acids is 1. The molecular weight excluding hydrogens is 330 g/mol. The molecule has 1 aliphatic rings. The fourth-order valence-electron chi connectivity index (χ4n) is 3.35. The quantitative estimate of drug-likeness (QED) is 0.908. The second kappa shape index (κ2) is 7.45. The SMILES string of the molecule is Cc1c(C(=O)N2C[C@@H](C)N[C@H](C)C2)nnn1-c1ccc(OC(C)C)cc1. The molecular formula is C19H27N5O2. The van der Waals surface area contributed by atoms with E-state index < -0.39 is 0 Å². The van der Waals surface area contributed by atoms with Crippen LogP contribution in [0.1, 0.15) is 43.9 Å². The lowest BCUT2D eigenvalue weighted by molar-refractivity contribution is 0.0667. The molecule has 0 saturated carbocycles. The molecule has 7 heteroatoms. The zero-order valence-corrected chi connectivity index (χ0v) is 16.1. The van der Waals surface area contributed by atoms with Crippen LogP contribution in [-0.2, 0) is 0 Å². The van der Waals surface area contributed by atoms with E-state index in [1.807, 2.05) is 49.9 Å². The summed E-state index contributed by atoms with van der Waals surface area (Å²) in [5.41, 5.74) is 2.01. The summed E-state index contributed by atoms with van der Waals surface area (Å²) in [4.78, 5) is 14.7. The molecule has 0 spiro atoms. The first-order valence-electron chi connectivity index (χ1n) is 9.10. The summed E-state index contributed by atoms with van der Waals surface area (Å²) in [5, 5.41) is 11.8. The molecule has 0 bridgehead atoms. The number of amides is 1. The first kappa shape index (κ1) is 18.4. The minimum Gasteiger partial charge on any atom is -0.491 e. The topological polar surface area (TPSA) is 72.3 Å². The molecule has 2 atom stereocenters. The Morgan fingerprint density at radius 1 is 1.19 bits per heavy atom. The molecule has 2 heterocycles. The van der Waals surface area contributed by atoms with Crippen molar-refractivity contribution >= 4 is 5.91 Å². The molecule has 1 saturated heterocycles. The largest absolute Gasteiger partial charge is 0.491 e. The maximum absolute atomic E-state index is 12.9. The molecule has 26 heavy (non-hydrogen) atoms. The summed E-state index contributed by atoms with van der Waals surface area (Å²) in [6.45, 7) is 11.4. The molecule has 1 aromatic heterocycles. The Kier molecular flexibility index (Phi) is 5.27. The number of benzene rings is 1. The number of rotatable bonds is 4. The van der Waals surface area contributed by atoms with E-state index in [-0.39, 0.29) is 24.1 Å². The van der Waals surface area contributed by atoms with Gasteiger partial charge in [0.25, 0.3) is 5.91 Å². The predicted octanol–water partition coefficient (Wildman–Crippen LogP) is 2.19. The van der Waals surface area contributed by atoms with E-state index >= 15 is 0 Å². The molecule has 1 aromatic carbocycles. The average Bonchev–Trinajstić information content (AvgIpc) is 2.95. The van der Waals surface area contributed by atoms with Gasteiger partial charge in [0, 0.05) is 25.2 Å². The van der Waals surface area contributed by atoms with Gasteiger partial charge in [0.1, 0.15) is 5.75 Å². The monoisotopic (exact) mass is 357 g/mol. The van der Waals surface area contributed by atoms with E-state index in [1.165, 1.54) is 0 Å². The number of nitrogens with one attached hydrogen (secondary N) is 1. The third-order valence-electron chi connectivity index (χ3n) is 4.39. The first-order valence-corrected chi connectivity index (χ1v) is 9.10. The summed E-state index contributed by atoms with van der Waals surface area (Å²) in [6, 6.07) is 8.18.